The Kier molecular flexibility index (Phi) is 3.73. The molecule has 1 aliphatic heterocycles. The first kappa shape index (κ1) is 12.8. The molecule has 3 atom stereocenters. The van der Waals surface area contributed by atoms with E-state index in [0.29, 0.717) is 5.92 Å². The molecule has 17 heavy (non-hydrogen) atoms. The van der Waals surface area contributed by atoms with Crippen LogP contribution in [0.4, 0.5) is 0 Å². The first-order valence-electron chi connectivity index (χ1n) is 6.69. The van der Waals surface area contributed by atoms with Gasteiger partial charge in [0, 0.05) is 25.0 Å². The summed E-state index contributed by atoms with van der Waals surface area (Å²) in [6.07, 6.45) is 5.37. The number of carboxylic acid groups (broad SMARTS) is 1. The number of hydrogen-bond acceptors (Lipinski definition) is 3. The van der Waals surface area contributed by atoms with Crippen LogP contribution in [0.2, 0.25) is 0 Å². The van der Waals surface area contributed by atoms with Crippen LogP contribution in [-0.2, 0) is 4.79 Å². The molecule has 0 amide bonds. The van der Waals surface area contributed by atoms with Crippen molar-refractivity contribution >= 4 is 5.97 Å². The van der Waals surface area contributed by atoms with Crippen molar-refractivity contribution < 1.29 is 15.0 Å². The number of likely N-dealkylation sites (tertiary alicyclic amines) is 1. The van der Waals surface area contributed by atoms with Crippen LogP contribution in [0.1, 0.15) is 45.4 Å². The van der Waals surface area contributed by atoms with Gasteiger partial charge in [-0.3, -0.25) is 9.69 Å². The minimum absolute atomic E-state index is 0.0824. The predicted octanol–water partition coefficient (Wildman–Crippen LogP) is 1.48. The van der Waals surface area contributed by atoms with Gasteiger partial charge >= 0.3 is 5.97 Å². The van der Waals surface area contributed by atoms with Crippen molar-refractivity contribution in [1.82, 2.24) is 4.90 Å². The van der Waals surface area contributed by atoms with E-state index < -0.39 is 11.6 Å². The molecule has 0 aromatic heterocycles. The van der Waals surface area contributed by atoms with E-state index in [9.17, 15) is 9.90 Å². The smallest absolute Gasteiger partial charge is 0.304 e. The minimum Gasteiger partial charge on any atom is -0.481 e. The number of nitrogens with zero attached hydrogens (tertiary/aromatic N) is 1. The van der Waals surface area contributed by atoms with Crippen molar-refractivity contribution in [3.05, 3.63) is 0 Å². The lowest BCUT2D eigenvalue weighted by Gasteiger charge is -2.48. The summed E-state index contributed by atoms with van der Waals surface area (Å²) < 4.78 is 0. The molecule has 4 heteroatoms. The average molecular weight is 241 g/mol. The van der Waals surface area contributed by atoms with Gasteiger partial charge in [-0.25, -0.2) is 0 Å². The van der Waals surface area contributed by atoms with E-state index in [1.807, 2.05) is 6.92 Å². The highest BCUT2D eigenvalue weighted by Gasteiger charge is 2.43. The van der Waals surface area contributed by atoms with Gasteiger partial charge in [-0.2, -0.15) is 0 Å². The zero-order valence-corrected chi connectivity index (χ0v) is 10.6. The molecule has 0 radical (unpaired) electrons. The third-order valence-corrected chi connectivity index (χ3v) is 4.55. The van der Waals surface area contributed by atoms with E-state index in [2.05, 4.69) is 4.90 Å². The van der Waals surface area contributed by atoms with Crippen LogP contribution in [0.25, 0.3) is 0 Å². The molecule has 1 heterocycles. The Morgan fingerprint density at radius 2 is 2.24 bits per heavy atom. The van der Waals surface area contributed by atoms with Gasteiger partial charge in [0.1, 0.15) is 0 Å². The van der Waals surface area contributed by atoms with Gasteiger partial charge in [0.15, 0.2) is 0 Å². The number of rotatable bonds is 3. The Bertz CT molecular complexity index is 294. The average Bonchev–Trinajstić information content (AvgIpc) is 2.26. The third kappa shape index (κ3) is 2.80. The van der Waals surface area contributed by atoms with E-state index in [4.69, 9.17) is 5.11 Å². The Hall–Kier alpha value is -0.610. The van der Waals surface area contributed by atoms with Crippen LogP contribution in [0.15, 0.2) is 0 Å². The number of aliphatic hydroxyl groups is 1. The van der Waals surface area contributed by atoms with Crippen molar-refractivity contribution in [3.63, 3.8) is 0 Å². The second-order valence-corrected chi connectivity index (χ2v) is 5.74. The highest BCUT2D eigenvalue weighted by molar-refractivity contribution is 5.67. The fourth-order valence-corrected chi connectivity index (χ4v) is 3.38. The fourth-order valence-electron chi connectivity index (χ4n) is 3.38. The fraction of sp³-hybridized carbons (Fsp3) is 0.923. The van der Waals surface area contributed by atoms with E-state index in [0.717, 1.165) is 38.8 Å². The van der Waals surface area contributed by atoms with Crippen molar-refractivity contribution in [3.8, 4) is 0 Å². The summed E-state index contributed by atoms with van der Waals surface area (Å²) in [5.41, 5.74) is -0.461. The summed E-state index contributed by atoms with van der Waals surface area (Å²) in [5.74, 6) is -0.386. The first-order valence-corrected chi connectivity index (χ1v) is 6.69. The van der Waals surface area contributed by atoms with Gasteiger partial charge in [0.05, 0.1) is 12.0 Å². The summed E-state index contributed by atoms with van der Waals surface area (Å²) >= 11 is 0. The number of fused-ring (bicyclic) bond motifs is 1. The van der Waals surface area contributed by atoms with E-state index in [1.54, 1.807) is 0 Å². The molecule has 2 N–H and O–H groups in total. The molecule has 4 nitrogen and oxygen atoms in total. The van der Waals surface area contributed by atoms with Crippen molar-refractivity contribution in [2.75, 3.05) is 13.1 Å². The first-order chi connectivity index (χ1) is 8.01. The van der Waals surface area contributed by atoms with Gasteiger partial charge < -0.3 is 10.2 Å². The lowest BCUT2D eigenvalue weighted by Crippen LogP contribution is -2.55. The van der Waals surface area contributed by atoms with Gasteiger partial charge in [0.2, 0.25) is 0 Å². The highest BCUT2D eigenvalue weighted by Crippen LogP contribution is 2.40. The second-order valence-electron chi connectivity index (χ2n) is 5.74. The van der Waals surface area contributed by atoms with Crippen LogP contribution >= 0.6 is 0 Å². The molecule has 0 aromatic carbocycles. The maximum atomic E-state index is 10.7. The monoisotopic (exact) mass is 241 g/mol. The summed E-state index contributed by atoms with van der Waals surface area (Å²) in [5, 5.41) is 19.4. The van der Waals surface area contributed by atoms with Crippen LogP contribution in [-0.4, -0.2) is 45.8 Å². The summed E-state index contributed by atoms with van der Waals surface area (Å²) in [4.78, 5) is 13.0. The van der Waals surface area contributed by atoms with E-state index in [-0.39, 0.29) is 12.5 Å². The molecule has 2 rings (SSSR count). The van der Waals surface area contributed by atoms with Gasteiger partial charge in [-0.15, -0.1) is 0 Å². The molecular formula is C13H23NO3. The SMILES string of the molecule is CC(CC(=O)O)N1CCC2(O)CCCCC2C1. The molecule has 1 saturated heterocycles. The van der Waals surface area contributed by atoms with E-state index in [1.165, 1.54) is 6.42 Å². The maximum absolute atomic E-state index is 10.7. The highest BCUT2D eigenvalue weighted by atomic mass is 16.4. The van der Waals surface area contributed by atoms with Gasteiger partial charge in [0.25, 0.3) is 0 Å². The molecule has 0 aromatic rings. The van der Waals surface area contributed by atoms with Crippen molar-refractivity contribution in [1.29, 1.82) is 0 Å². The Morgan fingerprint density at radius 3 is 2.94 bits per heavy atom. The molecular weight excluding hydrogens is 218 g/mol. The molecule has 98 valence electrons. The van der Waals surface area contributed by atoms with Crippen molar-refractivity contribution in [2.24, 2.45) is 5.92 Å². The topological polar surface area (TPSA) is 60.8 Å². The Labute approximate surface area is 103 Å². The van der Waals surface area contributed by atoms with Crippen molar-refractivity contribution in [2.45, 2.75) is 57.1 Å². The Morgan fingerprint density at radius 1 is 1.47 bits per heavy atom. The van der Waals surface area contributed by atoms with Crippen LogP contribution in [0, 0.1) is 5.92 Å². The van der Waals surface area contributed by atoms with Crippen LogP contribution in [0.5, 0.6) is 0 Å². The number of hydrogen-bond donors (Lipinski definition) is 2. The standard InChI is InChI=1S/C13H23NO3/c1-10(8-12(15)16)14-7-6-13(17)5-3-2-4-11(13)9-14/h10-11,17H,2-9H2,1H3,(H,15,16). The lowest BCUT2D eigenvalue weighted by molar-refractivity contribution is -0.139. The normalized spacial score (nSPS) is 36.2. The molecule has 1 aliphatic carbocycles. The minimum atomic E-state index is -0.734. The largest absolute Gasteiger partial charge is 0.481 e. The molecule has 2 aliphatic rings. The number of piperidine rings is 1. The predicted molar refractivity (Wildman–Crippen MR) is 64.8 cm³/mol. The van der Waals surface area contributed by atoms with Crippen LogP contribution < -0.4 is 0 Å². The summed E-state index contributed by atoms with van der Waals surface area (Å²) in [6.45, 7) is 3.67. The number of carboxylic acids is 1. The summed E-state index contributed by atoms with van der Waals surface area (Å²) in [7, 11) is 0. The van der Waals surface area contributed by atoms with E-state index >= 15 is 0 Å². The molecule has 2 fully saturated rings. The van der Waals surface area contributed by atoms with Crippen LogP contribution in [0.3, 0.4) is 0 Å². The molecule has 0 spiro atoms. The third-order valence-electron chi connectivity index (χ3n) is 4.55. The molecule has 1 saturated carbocycles. The lowest BCUT2D eigenvalue weighted by atomic mass is 9.71. The number of carbonyl (C=O) groups is 1. The second kappa shape index (κ2) is 4.94. The zero-order chi connectivity index (χ0) is 12.5. The zero-order valence-electron chi connectivity index (χ0n) is 10.6. The summed E-state index contributed by atoms with van der Waals surface area (Å²) in [6, 6.07) is 0.0824. The number of aliphatic carboxylic acids is 1. The maximum Gasteiger partial charge on any atom is 0.304 e. The van der Waals surface area contributed by atoms with Gasteiger partial charge in [-0.1, -0.05) is 12.8 Å². The Balaban J connectivity index is 1.94. The molecule has 3 unspecified atom stereocenters. The quantitative estimate of drug-likeness (QED) is 0.785. The molecule has 0 bridgehead atoms. The van der Waals surface area contributed by atoms with Gasteiger partial charge in [-0.05, 0) is 26.2 Å².